The summed E-state index contributed by atoms with van der Waals surface area (Å²) in [5.41, 5.74) is 0. The molecule has 20 heavy (non-hydrogen) atoms. The third-order valence-electron chi connectivity index (χ3n) is 3.43. The minimum Gasteiger partial charge on any atom is -0.229 e. The van der Waals surface area contributed by atoms with E-state index in [1.807, 2.05) is 0 Å². The van der Waals surface area contributed by atoms with E-state index < -0.39 is 9.84 Å². The van der Waals surface area contributed by atoms with Gasteiger partial charge in [-0.3, -0.25) is 0 Å². The number of aryl methyl sites for hydroxylation is 1. The van der Waals surface area contributed by atoms with Gasteiger partial charge in [0.05, 0.1) is 11.5 Å². The molecule has 0 radical (unpaired) electrons. The fraction of sp³-hybridized carbons (Fsp3) is 0.538. The molecule has 0 saturated carbocycles. The molecule has 2 aromatic heterocycles. The molecule has 108 valence electrons. The molecule has 1 fully saturated rings. The lowest BCUT2D eigenvalue weighted by Gasteiger charge is -2.21. The Labute approximate surface area is 126 Å². The minimum absolute atomic E-state index is 0.253. The summed E-state index contributed by atoms with van der Waals surface area (Å²) in [5, 5.41) is 2.07. The fourth-order valence-electron chi connectivity index (χ4n) is 2.52. The third-order valence-corrected chi connectivity index (χ3v) is 7.51. The average molecular weight is 328 g/mol. The van der Waals surface area contributed by atoms with Crippen molar-refractivity contribution in [3.05, 3.63) is 17.3 Å². The number of aromatic nitrogens is 2. The van der Waals surface area contributed by atoms with Crippen LogP contribution in [0, 0.1) is 12.8 Å². The molecule has 3 rings (SSSR count). The number of fused-ring (bicyclic) bond motifs is 1. The van der Waals surface area contributed by atoms with Gasteiger partial charge in [-0.25, -0.2) is 18.4 Å². The largest absolute Gasteiger partial charge is 0.229 e. The Balaban J connectivity index is 1.74. The molecule has 7 heteroatoms. The van der Waals surface area contributed by atoms with E-state index in [4.69, 9.17) is 0 Å². The Bertz CT molecular complexity index is 724. The van der Waals surface area contributed by atoms with Gasteiger partial charge in [-0.15, -0.1) is 23.1 Å². The number of hydrogen-bond acceptors (Lipinski definition) is 6. The van der Waals surface area contributed by atoms with Crippen LogP contribution in [0.4, 0.5) is 0 Å². The van der Waals surface area contributed by atoms with Crippen LogP contribution in [0.5, 0.6) is 0 Å². The zero-order valence-corrected chi connectivity index (χ0v) is 13.7. The van der Waals surface area contributed by atoms with E-state index in [0.717, 1.165) is 33.8 Å². The van der Waals surface area contributed by atoms with Crippen molar-refractivity contribution in [1.82, 2.24) is 9.97 Å². The quantitative estimate of drug-likeness (QED) is 0.640. The highest BCUT2D eigenvalue weighted by molar-refractivity contribution is 7.99. The van der Waals surface area contributed by atoms with Crippen molar-refractivity contribution in [1.29, 1.82) is 0 Å². The summed E-state index contributed by atoms with van der Waals surface area (Å²) in [5.74, 6) is 1.76. The van der Waals surface area contributed by atoms with Crippen molar-refractivity contribution in [2.45, 2.75) is 24.8 Å². The number of thioether (sulfide) groups is 1. The lowest BCUT2D eigenvalue weighted by Crippen LogP contribution is -2.26. The van der Waals surface area contributed by atoms with Gasteiger partial charge in [0, 0.05) is 16.0 Å². The maximum Gasteiger partial charge on any atom is 0.150 e. The molecule has 1 atom stereocenters. The molecule has 1 aliphatic heterocycles. The lowest BCUT2D eigenvalue weighted by atomic mass is 10.1. The summed E-state index contributed by atoms with van der Waals surface area (Å²) in [6.45, 7) is 2.06. The van der Waals surface area contributed by atoms with Crippen LogP contribution in [0.25, 0.3) is 10.2 Å². The van der Waals surface area contributed by atoms with E-state index in [-0.39, 0.29) is 5.92 Å². The van der Waals surface area contributed by atoms with Crippen LogP contribution >= 0.6 is 23.1 Å². The van der Waals surface area contributed by atoms with Crippen LogP contribution in [0.15, 0.2) is 17.4 Å². The van der Waals surface area contributed by atoms with Gasteiger partial charge < -0.3 is 0 Å². The number of thiophene rings is 1. The summed E-state index contributed by atoms with van der Waals surface area (Å²) in [7, 11) is -2.82. The molecule has 1 unspecified atom stereocenters. The Morgan fingerprint density at radius 1 is 1.45 bits per heavy atom. The van der Waals surface area contributed by atoms with Crippen molar-refractivity contribution in [3.8, 4) is 0 Å². The van der Waals surface area contributed by atoms with Gasteiger partial charge in [0.2, 0.25) is 0 Å². The SMILES string of the molecule is Cc1cc2c(SCC3CCCS(=O)(=O)C3)ncnc2s1. The van der Waals surface area contributed by atoms with Crippen LogP contribution in [0.2, 0.25) is 0 Å². The van der Waals surface area contributed by atoms with Crippen LogP contribution in [-0.4, -0.2) is 35.6 Å². The smallest absolute Gasteiger partial charge is 0.150 e. The average Bonchev–Trinajstić information content (AvgIpc) is 2.76. The lowest BCUT2D eigenvalue weighted by molar-refractivity contribution is 0.521. The second-order valence-electron chi connectivity index (χ2n) is 5.19. The summed E-state index contributed by atoms with van der Waals surface area (Å²) >= 11 is 3.33. The highest BCUT2D eigenvalue weighted by Gasteiger charge is 2.25. The standard InChI is InChI=1S/C13H16N2O2S3/c1-9-5-11-12(14-8-15-13(11)19-9)18-6-10-3-2-4-20(16,17)7-10/h5,8,10H,2-4,6-7H2,1H3. The first kappa shape index (κ1) is 14.3. The van der Waals surface area contributed by atoms with Gasteiger partial charge >= 0.3 is 0 Å². The van der Waals surface area contributed by atoms with Crippen LogP contribution in [0.1, 0.15) is 17.7 Å². The summed E-state index contributed by atoms with van der Waals surface area (Å²) in [6, 6.07) is 2.11. The molecule has 0 bridgehead atoms. The number of nitrogens with zero attached hydrogens (tertiary/aromatic N) is 2. The second kappa shape index (κ2) is 5.61. The molecular weight excluding hydrogens is 312 g/mol. The van der Waals surface area contributed by atoms with E-state index in [2.05, 4.69) is 23.0 Å². The highest BCUT2D eigenvalue weighted by atomic mass is 32.2. The maximum atomic E-state index is 11.7. The third kappa shape index (κ3) is 3.15. The fourth-order valence-corrected chi connectivity index (χ4v) is 6.46. The van der Waals surface area contributed by atoms with Crippen molar-refractivity contribution in [3.63, 3.8) is 0 Å². The number of rotatable bonds is 3. The van der Waals surface area contributed by atoms with Gasteiger partial charge in [0.15, 0.2) is 9.84 Å². The molecule has 0 spiro atoms. The van der Waals surface area contributed by atoms with Crippen LogP contribution < -0.4 is 0 Å². The molecule has 0 N–H and O–H groups in total. The molecule has 3 heterocycles. The van der Waals surface area contributed by atoms with E-state index in [1.165, 1.54) is 4.88 Å². The molecule has 1 aliphatic rings. The zero-order valence-electron chi connectivity index (χ0n) is 11.2. The van der Waals surface area contributed by atoms with Crippen molar-refractivity contribution in [2.75, 3.05) is 17.3 Å². The van der Waals surface area contributed by atoms with Gasteiger partial charge in [-0.1, -0.05) is 0 Å². The van der Waals surface area contributed by atoms with Crippen molar-refractivity contribution in [2.24, 2.45) is 5.92 Å². The van der Waals surface area contributed by atoms with E-state index in [1.54, 1.807) is 29.4 Å². The monoisotopic (exact) mass is 328 g/mol. The predicted molar refractivity (Wildman–Crippen MR) is 84.3 cm³/mol. The van der Waals surface area contributed by atoms with Crippen molar-refractivity contribution < 1.29 is 8.42 Å². The summed E-state index contributed by atoms with van der Waals surface area (Å²) in [4.78, 5) is 10.9. The molecule has 0 aromatic carbocycles. The van der Waals surface area contributed by atoms with Gasteiger partial charge in [-0.05, 0) is 31.7 Å². The predicted octanol–water partition coefficient (Wildman–Crippen LogP) is 2.92. The first-order chi connectivity index (χ1) is 9.53. The van der Waals surface area contributed by atoms with Crippen LogP contribution in [0.3, 0.4) is 0 Å². The van der Waals surface area contributed by atoms with Crippen molar-refractivity contribution >= 4 is 43.2 Å². The second-order valence-corrected chi connectivity index (χ2v) is 9.66. The summed E-state index contributed by atoms with van der Waals surface area (Å²) in [6.07, 6.45) is 3.39. The molecule has 0 amide bonds. The zero-order chi connectivity index (χ0) is 14.2. The Morgan fingerprint density at radius 2 is 2.30 bits per heavy atom. The normalized spacial score (nSPS) is 22.1. The Hall–Kier alpha value is -0.660. The minimum atomic E-state index is -2.82. The van der Waals surface area contributed by atoms with E-state index >= 15 is 0 Å². The molecule has 4 nitrogen and oxygen atoms in total. The molecule has 0 aliphatic carbocycles. The van der Waals surface area contributed by atoms with E-state index in [0.29, 0.717) is 11.5 Å². The van der Waals surface area contributed by atoms with E-state index in [9.17, 15) is 8.42 Å². The first-order valence-corrected chi connectivity index (χ1v) is 10.2. The number of sulfone groups is 1. The highest BCUT2D eigenvalue weighted by Crippen LogP contribution is 2.32. The molecular formula is C13H16N2O2S3. The van der Waals surface area contributed by atoms with Crippen LogP contribution in [-0.2, 0) is 9.84 Å². The summed E-state index contributed by atoms with van der Waals surface area (Å²) < 4.78 is 23.3. The van der Waals surface area contributed by atoms with Gasteiger partial charge in [0.25, 0.3) is 0 Å². The maximum absolute atomic E-state index is 11.7. The first-order valence-electron chi connectivity index (χ1n) is 6.58. The Morgan fingerprint density at radius 3 is 3.10 bits per heavy atom. The topological polar surface area (TPSA) is 59.9 Å². The van der Waals surface area contributed by atoms with Gasteiger partial charge in [0.1, 0.15) is 16.2 Å². The van der Waals surface area contributed by atoms with Gasteiger partial charge in [-0.2, -0.15) is 0 Å². The Kier molecular flexibility index (Phi) is 4.01. The number of hydrogen-bond donors (Lipinski definition) is 0. The molecule has 2 aromatic rings. The molecule has 1 saturated heterocycles.